The molecule has 0 saturated heterocycles. The molecule has 0 spiro atoms. The van der Waals surface area contributed by atoms with Crippen LogP contribution in [-0.4, -0.2) is 40.0 Å². The van der Waals surface area contributed by atoms with Gasteiger partial charge in [0.25, 0.3) is 5.78 Å². The lowest BCUT2D eigenvalue weighted by Crippen LogP contribution is -2.16. The summed E-state index contributed by atoms with van der Waals surface area (Å²) < 4.78 is 44.2. The van der Waals surface area contributed by atoms with Crippen LogP contribution in [0.3, 0.4) is 0 Å². The SMILES string of the molecule is CCOC(=O)C(=O)/C=C(\OB(F)F)c1cc(OC)ccc1OC. The molecule has 0 N–H and O–H groups in total. The van der Waals surface area contributed by atoms with Crippen molar-refractivity contribution < 1.29 is 37.1 Å². The molecule has 6 nitrogen and oxygen atoms in total. The Morgan fingerprint density at radius 1 is 1.22 bits per heavy atom. The van der Waals surface area contributed by atoms with E-state index in [1.807, 2.05) is 0 Å². The van der Waals surface area contributed by atoms with Crippen LogP contribution in [0, 0.1) is 0 Å². The molecule has 0 aliphatic heterocycles. The molecule has 124 valence electrons. The van der Waals surface area contributed by atoms with Crippen LogP contribution >= 0.6 is 0 Å². The molecule has 0 amide bonds. The topological polar surface area (TPSA) is 71.1 Å². The third-order valence-electron chi connectivity index (χ3n) is 2.63. The maximum absolute atomic E-state index is 12.6. The third kappa shape index (κ3) is 5.28. The lowest BCUT2D eigenvalue weighted by Gasteiger charge is -2.13. The molecule has 0 atom stereocenters. The summed E-state index contributed by atoms with van der Waals surface area (Å²) in [5.41, 5.74) is 0.0322. The second-order valence-electron chi connectivity index (χ2n) is 4.04. The van der Waals surface area contributed by atoms with Gasteiger partial charge in [-0.25, -0.2) is 13.4 Å². The van der Waals surface area contributed by atoms with Gasteiger partial charge in [-0.3, -0.25) is 4.79 Å². The molecule has 0 aliphatic rings. The monoisotopic (exact) mass is 328 g/mol. The molecule has 0 heterocycles. The number of halogens is 2. The second-order valence-corrected chi connectivity index (χ2v) is 4.04. The number of ether oxygens (including phenoxy) is 3. The van der Waals surface area contributed by atoms with Gasteiger partial charge in [0.05, 0.1) is 26.4 Å². The predicted molar refractivity (Wildman–Crippen MR) is 78.2 cm³/mol. The number of methoxy groups -OCH3 is 2. The average Bonchev–Trinajstić information content (AvgIpc) is 2.53. The Labute approximate surface area is 132 Å². The molecular weight excluding hydrogens is 313 g/mol. The second kappa shape index (κ2) is 8.77. The van der Waals surface area contributed by atoms with Crippen molar-refractivity contribution in [3.63, 3.8) is 0 Å². The van der Waals surface area contributed by atoms with E-state index in [2.05, 4.69) is 9.39 Å². The zero-order valence-corrected chi connectivity index (χ0v) is 12.8. The first-order chi connectivity index (χ1) is 10.9. The predicted octanol–water partition coefficient (Wildman–Crippen LogP) is 2.12. The van der Waals surface area contributed by atoms with Crippen molar-refractivity contribution in [3.05, 3.63) is 29.8 Å². The van der Waals surface area contributed by atoms with Gasteiger partial charge in [0.15, 0.2) is 0 Å². The van der Waals surface area contributed by atoms with Gasteiger partial charge in [-0.2, -0.15) is 0 Å². The quantitative estimate of drug-likeness (QED) is 0.239. The maximum Gasteiger partial charge on any atom is 0.796 e. The number of hydrogen-bond acceptors (Lipinski definition) is 6. The highest BCUT2D eigenvalue weighted by Gasteiger charge is 2.25. The molecule has 1 aromatic carbocycles. The van der Waals surface area contributed by atoms with E-state index in [0.717, 1.165) is 0 Å². The average molecular weight is 328 g/mol. The number of rotatable bonds is 8. The number of esters is 1. The largest absolute Gasteiger partial charge is 0.796 e. The van der Waals surface area contributed by atoms with Gasteiger partial charge < -0.3 is 18.9 Å². The molecule has 1 aromatic rings. The van der Waals surface area contributed by atoms with Gasteiger partial charge >= 0.3 is 13.4 Å². The Kier molecular flexibility index (Phi) is 7.04. The van der Waals surface area contributed by atoms with Crippen molar-refractivity contribution in [1.29, 1.82) is 0 Å². The molecule has 23 heavy (non-hydrogen) atoms. The van der Waals surface area contributed by atoms with E-state index >= 15 is 0 Å². The van der Waals surface area contributed by atoms with E-state index in [1.54, 1.807) is 0 Å². The molecule has 0 radical (unpaired) electrons. The summed E-state index contributed by atoms with van der Waals surface area (Å²) in [5, 5.41) is 0. The van der Waals surface area contributed by atoms with Gasteiger partial charge in [0.1, 0.15) is 17.3 Å². The molecule has 0 unspecified atom stereocenters. The van der Waals surface area contributed by atoms with E-state index in [4.69, 9.17) is 9.47 Å². The van der Waals surface area contributed by atoms with E-state index in [1.165, 1.54) is 39.3 Å². The maximum atomic E-state index is 12.6. The van der Waals surface area contributed by atoms with Crippen molar-refractivity contribution >= 4 is 25.0 Å². The minimum absolute atomic E-state index is 0.0219. The first-order valence-electron chi connectivity index (χ1n) is 6.52. The summed E-state index contributed by atoms with van der Waals surface area (Å²) >= 11 is 0. The molecule has 9 heteroatoms. The minimum atomic E-state index is -3.20. The van der Waals surface area contributed by atoms with Crippen LogP contribution < -0.4 is 9.47 Å². The first-order valence-corrected chi connectivity index (χ1v) is 6.52. The zero-order valence-electron chi connectivity index (χ0n) is 12.8. The number of hydrogen-bond donors (Lipinski definition) is 0. The van der Waals surface area contributed by atoms with Gasteiger partial charge in [-0.15, -0.1) is 0 Å². The van der Waals surface area contributed by atoms with Crippen LogP contribution in [0.5, 0.6) is 11.5 Å². The fourth-order valence-corrected chi connectivity index (χ4v) is 1.66. The van der Waals surface area contributed by atoms with Crippen molar-refractivity contribution in [1.82, 2.24) is 0 Å². The number of carbonyl (C=O) groups is 2. The summed E-state index contributed by atoms with van der Waals surface area (Å²) in [4.78, 5) is 23.1. The molecule has 0 bridgehead atoms. The van der Waals surface area contributed by atoms with Gasteiger partial charge in [0.2, 0.25) is 0 Å². The van der Waals surface area contributed by atoms with Crippen LogP contribution in [0.1, 0.15) is 12.5 Å². The van der Waals surface area contributed by atoms with Crippen molar-refractivity contribution in [2.24, 2.45) is 0 Å². The van der Waals surface area contributed by atoms with Crippen molar-refractivity contribution in [2.45, 2.75) is 6.92 Å². The minimum Gasteiger partial charge on any atom is -0.504 e. The Hall–Kier alpha value is -2.58. The summed E-state index contributed by atoms with van der Waals surface area (Å²) in [6.45, 7) is 1.49. The molecule has 0 aliphatic carbocycles. The lowest BCUT2D eigenvalue weighted by atomic mass is 10.1. The number of ketones is 1. The van der Waals surface area contributed by atoms with Crippen LogP contribution in [0.15, 0.2) is 24.3 Å². The third-order valence-corrected chi connectivity index (χ3v) is 2.63. The molecular formula is C14H15BF2O6. The molecule has 0 fully saturated rings. The molecule has 1 rings (SSSR count). The fourth-order valence-electron chi connectivity index (χ4n) is 1.66. The van der Waals surface area contributed by atoms with Crippen LogP contribution in [-0.2, 0) is 19.0 Å². The summed E-state index contributed by atoms with van der Waals surface area (Å²) in [5.74, 6) is -2.35. The van der Waals surface area contributed by atoms with Gasteiger partial charge in [-0.05, 0) is 25.1 Å². The Bertz CT molecular complexity index is 603. The summed E-state index contributed by atoms with van der Waals surface area (Å²) in [7, 11) is -0.502. The van der Waals surface area contributed by atoms with Crippen LogP contribution in [0.2, 0.25) is 0 Å². The highest BCUT2D eigenvalue weighted by Crippen LogP contribution is 2.31. The Morgan fingerprint density at radius 2 is 1.91 bits per heavy atom. The Morgan fingerprint density at radius 3 is 2.43 bits per heavy atom. The fraction of sp³-hybridized carbons (Fsp3) is 0.286. The van der Waals surface area contributed by atoms with Gasteiger partial charge in [0, 0.05) is 6.08 Å². The zero-order chi connectivity index (χ0) is 17.4. The molecule has 0 aromatic heterocycles. The highest BCUT2D eigenvalue weighted by molar-refractivity contribution is 6.40. The highest BCUT2D eigenvalue weighted by atomic mass is 19.2. The van der Waals surface area contributed by atoms with Crippen molar-refractivity contribution in [2.75, 3.05) is 20.8 Å². The van der Waals surface area contributed by atoms with Crippen LogP contribution in [0.25, 0.3) is 5.76 Å². The van der Waals surface area contributed by atoms with Crippen molar-refractivity contribution in [3.8, 4) is 11.5 Å². The summed E-state index contributed by atoms with van der Waals surface area (Å²) in [6.07, 6.45) is 0.626. The lowest BCUT2D eigenvalue weighted by molar-refractivity contribution is -0.151. The Balaban J connectivity index is 3.30. The van der Waals surface area contributed by atoms with E-state index in [9.17, 15) is 18.2 Å². The number of carbonyl (C=O) groups excluding carboxylic acids is 2. The van der Waals surface area contributed by atoms with Crippen LogP contribution in [0.4, 0.5) is 8.63 Å². The molecule has 0 saturated carbocycles. The normalized spacial score (nSPS) is 10.7. The number of benzene rings is 1. The van der Waals surface area contributed by atoms with E-state index < -0.39 is 25.0 Å². The first kappa shape index (κ1) is 18.5. The van der Waals surface area contributed by atoms with Gasteiger partial charge in [-0.1, -0.05) is 0 Å². The summed E-state index contributed by atoms with van der Waals surface area (Å²) in [6, 6.07) is 4.33. The van der Waals surface area contributed by atoms with E-state index in [0.29, 0.717) is 11.8 Å². The smallest absolute Gasteiger partial charge is 0.504 e. The van der Waals surface area contributed by atoms with E-state index in [-0.39, 0.29) is 17.9 Å². The standard InChI is InChI=1S/C14H15BF2O6/c1-4-22-14(19)11(18)8-13(23-15(16)17)10-7-9(20-2)5-6-12(10)21-3/h5-8H,4H2,1-3H3/b13-8-.